The minimum Gasteiger partial charge on any atom is -0.444 e. The highest BCUT2D eigenvalue weighted by molar-refractivity contribution is 5.44. The zero-order valence-corrected chi connectivity index (χ0v) is 9.95. The van der Waals surface area contributed by atoms with Crippen LogP contribution in [0, 0.1) is 17.0 Å². The summed E-state index contributed by atoms with van der Waals surface area (Å²) in [5.74, 6) is 1.12. The number of aromatic nitrogens is 2. The average molecular weight is 248 g/mol. The molecule has 2 heterocycles. The predicted molar refractivity (Wildman–Crippen MR) is 64.2 cm³/mol. The number of aryl methyl sites for hydroxylation is 1. The van der Waals surface area contributed by atoms with Crippen molar-refractivity contribution in [2.75, 3.05) is 5.32 Å². The molecule has 7 heteroatoms. The van der Waals surface area contributed by atoms with Gasteiger partial charge in [-0.15, -0.1) is 0 Å². The number of hydrogen-bond donors (Lipinski definition) is 1. The van der Waals surface area contributed by atoms with E-state index in [4.69, 9.17) is 4.42 Å². The third kappa shape index (κ3) is 2.62. The number of rotatable bonds is 4. The van der Waals surface area contributed by atoms with Crippen LogP contribution in [-0.4, -0.2) is 14.9 Å². The Labute approximate surface area is 103 Å². The van der Waals surface area contributed by atoms with Gasteiger partial charge in [0, 0.05) is 6.07 Å². The SMILES string of the molecule is Cc1cnc(C(C)Nc2ccc([N+](=O)[O-])nc2)o1. The van der Waals surface area contributed by atoms with Crippen molar-refractivity contribution >= 4 is 11.5 Å². The standard InChI is InChI=1S/C11H12N4O3/c1-7-5-13-11(18-7)8(2)14-9-3-4-10(12-6-9)15(16)17/h3-6,8,14H,1-2H3. The molecule has 0 aliphatic heterocycles. The molecule has 0 aromatic carbocycles. The highest BCUT2D eigenvalue weighted by Crippen LogP contribution is 2.19. The maximum Gasteiger partial charge on any atom is 0.363 e. The fourth-order valence-electron chi connectivity index (χ4n) is 1.46. The number of pyridine rings is 1. The Morgan fingerprint density at radius 1 is 1.39 bits per heavy atom. The molecule has 0 radical (unpaired) electrons. The van der Waals surface area contributed by atoms with E-state index < -0.39 is 4.92 Å². The molecule has 1 N–H and O–H groups in total. The summed E-state index contributed by atoms with van der Waals surface area (Å²) >= 11 is 0. The molecule has 94 valence electrons. The van der Waals surface area contributed by atoms with E-state index in [1.165, 1.54) is 12.3 Å². The Hall–Kier alpha value is -2.44. The summed E-state index contributed by atoms with van der Waals surface area (Å²) in [6.45, 7) is 3.70. The van der Waals surface area contributed by atoms with Gasteiger partial charge in [0.05, 0.1) is 11.9 Å². The molecule has 1 atom stereocenters. The van der Waals surface area contributed by atoms with Crippen LogP contribution in [0.2, 0.25) is 0 Å². The van der Waals surface area contributed by atoms with Crippen molar-refractivity contribution in [3.8, 4) is 0 Å². The summed E-state index contributed by atoms with van der Waals surface area (Å²) in [5, 5.41) is 13.6. The van der Waals surface area contributed by atoms with Gasteiger partial charge in [-0.1, -0.05) is 0 Å². The molecule has 0 fully saturated rings. The van der Waals surface area contributed by atoms with Crippen LogP contribution < -0.4 is 5.32 Å². The molecule has 2 aromatic rings. The lowest BCUT2D eigenvalue weighted by molar-refractivity contribution is -0.389. The van der Waals surface area contributed by atoms with Gasteiger partial charge in [0.25, 0.3) is 0 Å². The molecular formula is C11H12N4O3. The first-order valence-electron chi connectivity index (χ1n) is 5.35. The number of nitrogens with zero attached hydrogens (tertiary/aromatic N) is 3. The smallest absolute Gasteiger partial charge is 0.363 e. The number of hydrogen-bond acceptors (Lipinski definition) is 6. The fourth-order valence-corrected chi connectivity index (χ4v) is 1.46. The van der Waals surface area contributed by atoms with E-state index in [0.717, 1.165) is 5.76 Å². The number of oxazole rings is 1. The molecule has 0 bridgehead atoms. The molecule has 2 rings (SSSR count). The number of nitro groups is 1. The van der Waals surface area contributed by atoms with Gasteiger partial charge in [-0.05, 0) is 29.8 Å². The van der Waals surface area contributed by atoms with Crippen molar-refractivity contribution in [1.82, 2.24) is 9.97 Å². The molecule has 0 saturated carbocycles. The third-order valence-corrected chi connectivity index (χ3v) is 2.33. The van der Waals surface area contributed by atoms with Crippen LogP contribution in [0.25, 0.3) is 0 Å². The average Bonchev–Trinajstić information content (AvgIpc) is 2.76. The molecule has 0 amide bonds. The Morgan fingerprint density at radius 3 is 2.67 bits per heavy atom. The Morgan fingerprint density at radius 2 is 2.17 bits per heavy atom. The molecular weight excluding hydrogens is 236 g/mol. The van der Waals surface area contributed by atoms with E-state index in [9.17, 15) is 10.1 Å². The molecule has 2 aromatic heterocycles. The van der Waals surface area contributed by atoms with Crippen LogP contribution in [0.3, 0.4) is 0 Å². The second-order valence-electron chi connectivity index (χ2n) is 3.84. The van der Waals surface area contributed by atoms with Crippen LogP contribution in [-0.2, 0) is 0 Å². The highest BCUT2D eigenvalue weighted by atomic mass is 16.6. The number of anilines is 1. The first kappa shape index (κ1) is 12.0. The molecule has 0 saturated heterocycles. The molecule has 7 nitrogen and oxygen atoms in total. The summed E-state index contributed by atoms with van der Waals surface area (Å²) in [7, 11) is 0. The van der Waals surface area contributed by atoms with Gasteiger partial charge >= 0.3 is 5.82 Å². The van der Waals surface area contributed by atoms with Gasteiger partial charge in [-0.25, -0.2) is 4.98 Å². The lowest BCUT2D eigenvalue weighted by Gasteiger charge is -2.10. The van der Waals surface area contributed by atoms with Crippen LogP contribution in [0.4, 0.5) is 11.5 Å². The Kier molecular flexibility index (Phi) is 3.22. The highest BCUT2D eigenvalue weighted by Gasteiger charge is 2.13. The van der Waals surface area contributed by atoms with Crippen molar-refractivity contribution in [1.29, 1.82) is 0 Å². The molecule has 1 unspecified atom stereocenters. The van der Waals surface area contributed by atoms with Gasteiger partial charge in [-0.2, -0.15) is 0 Å². The van der Waals surface area contributed by atoms with Gasteiger partial charge < -0.3 is 19.8 Å². The first-order chi connectivity index (χ1) is 8.56. The van der Waals surface area contributed by atoms with E-state index in [2.05, 4.69) is 15.3 Å². The van der Waals surface area contributed by atoms with E-state index >= 15 is 0 Å². The van der Waals surface area contributed by atoms with Crippen molar-refractivity contribution in [3.05, 3.63) is 46.3 Å². The predicted octanol–water partition coefficient (Wildman–Crippen LogP) is 2.46. The molecule has 0 aliphatic rings. The van der Waals surface area contributed by atoms with Crippen LogP contribution >= 0.6 is 0 Å². The van der Waals surface area contributed by atoms with Crippen LogP contribution in [0.1, 0.15) is 24.6 Å². The lowest BCUT2D eigenvalue weighted by atomic mass is 10.3. The topological polar surface area (TPSA) is 94.1 Å². The van der Waals surface area contributed by atoms with Gasteiger partial charge in [0.15, 0.2) is 6.20 Å². The maximum absolute atomic E-state index is 10.5. The van der Waals surface area contributed by atoms with Gasteiger partial charge in [0.1, 0.15) is 11.8 Å². The van der Waals surface area contributed by atoms with Crippen molar-refractivity contribution in [2.45, 2.75) is 19.9 Å². The van der Waals surface area contributed by atoms with Crippen molar-refractivity contribution in [3.63, 3.8) is 0 Å². The second kappa shape index (κ2) is 4.82. The van der Waals surface area contributed by atoms with Crippen molar-refractivity contribution in [2.24, 2.45) is 0 Å². The summed E-state index contributed by atoms with van der Waals surface area (Å²) in [4.78, 5) is 17.7. The molecule has 0 aliphatic carbocycles. The zero-order chi connectivity index (χ0) is 13.1. The molecule has 0 spiro atoms. The van der Waals surface area contributed by atoms with Gasteiger partial charge in [-0.3, -0.25) is 0 Å². The first-order valence-corrected chi connectivity index (χ1v) is 5.35. The van der Waals surface area contributed by atoms with Crippen LogP contribution in [0.15, 0.2) is 28.9 Å². The second-order valence-corrected chi connectivity index (χ2v) is 3.84. The Bertz CT molecular complexity index is 550. The van der Waals surface area contributed by atoms with Crippen molar-refractivity contribution < 1.29 is 9.34 Å². The Balaban J connectivity index is 2.07. The maximum atomic E-state index is 10.5. The summed E-state index contributed by atoms with van der Waals surface area (Å²) < 4.78 is 5.38. The van der Waals surface area contributed by atoms with E-state index in [0.29, 0.717) is 11.6 Å². The van der Waals surface area contributed by atoms with Crippen LogP contribution in [0.5, 0.6) is 0 Å². The van der Waals surface area contributed by atoms with E-state index in [1.54, 1.807) is 12.3 Å². The minimum absolute atomic E-state index is 0.137. The van der Waals surface area contributed by atoms with E-state index in [1.807, 2.05) is 13.8 Å². The summed E-state index contributed by atoms with van der Waals surface area (Å²) in [6, 6.07) is 2.80. The fraction of sp³-hybridized carbons (Fsp3) is 0.273. The third-order valence-electron chi connectivity index (χ3n) is 2.33. The monoisotopic (exact) mass is 248 g/mol. The lowest BCUT2D eigenvalue weighted by Crippen LogP contribution is -2.07. The minimum atomic E-state index is -0.537. The van der Waals surface area contributed by atoms with E-state index in [-0.39, 0.29) is 11.9 Å². The molecule has 18 heavy (non-hydrogen) atoms. The van der Waals surface area contributed by atoms with Gasteiger partial charge in [0.2, 0.25) is 5.89 Å². The summed E-state index contributed by atoms with van der Waals surface area (Å²) in [5.41, 5.74) is 0.670. The largest absolute Gasteiger partial charge is 0.444 e. The number of nitrogens with one attached hydrogen (secondary N) is 1. The normalized spacial score (nSPS) is 12.1. The quantitative estimate of drug-likeness (QED) is 0.659. The summed E-state index contributed by atoms with van der Waals surface area (Å²) in [6.07, 6.45) is 3.05. The zero-order valence-electron chi connectivity index (χ0n) is 9.95.